The van der Waals surface area contributed by atoms with Gasteiger partial charge in [-0.05, 0) is 37.2 Å². The molecule has 0 spiro atoms. The Hall–Kier alpha value is -3.33. The van der Waals surface area contributed by atoms with Crippen molar-refractivity contribution in [1.82, 2.24) is 25.9 Å². The second kappa shape index (κ2) is 17.2. The van der Waals surface area contributed by atoms with Gasteiger partial charge in [-0.15, -0.1) is 0 Å². The zero-order chi connectivity index (χ0) is 28.7. The Morgan fingerprint density at radius 3 is 2.26 bits per heavy atom. The Morgan fingerprint density at radius 2 is 1.71 bits per heavy atom. The van der Waals surface area contributed by atoms with Gasteiger partial charge in [0.25, 0.3) is 0 Å². The molecule has 0 aliphatic rings. The van der Waals surface area contributed by atoms with Crippen molar-refractivity contribution in [1.29, 1.82) is 0 Å². The number of aromatic nitrogens is 2. The summed E-state index contributed by atoms with van der Waals surface area (Å²) in [5, 5.41) is 17.3. The summed E-state index contributed by atoms with van der Waals surface area (Å²) in [6, 6.07) is -4.13. The summed E-state index contributed by atoms with van der Waals surface area (Å²) in [7, 11) is 0. The van der Waals surface area contributed by atoms with Crippen LogP contribution in [0.25, 0.3) is 0 Å². The number of amides is 3. The highest BCUT2D eigenvalue weighted by Crippen LogP contribution is 2.09. The Balaban J connectivity index is 3.10. The van der Waals surface area contributed by atoms with E-state index >= 15 is 0 Å². The van der Waals surface area contributed by atoms with E-state index in [1.807, 2.05) is 20.1 Å². The molecule has 214 valence electrons. The molecule has 3 amide bonds. The number of aliphatic imine (C=N–C) groups is 1. The van der Waals surface area contributed by atoms with E-state index in [1.165, 1.54) is 24.3 Å². The van der Waals surface area contributed by atoms with Crippen molar-refractivity contribution >= 4 is 41.4 Å². The van der Waals surface area contributed by atoms with Crippen LogP contribution in [0.3, 0.4) is 0 Å². The van der Waals surface area contributed by atoms with E-state index in [9.17, 15) is 24.3 Å². The molecule has 0 fully saturated rings. The maximum absolute atomic E-state index is 13.3. The molecule has 0 aliphatic heterocycles. The molecule has 11 N–H and O–H groups in total. The number of carboxylic acids is 1. The number of aromatic amines is 1. The molecule has 15 heteroatoms. The summed E-state index contributed by atoms with van der Waals surface area (Å²) in [5.41, 5.74) is 17.3. The molecule has 5 unspecified atom stereocenters. The molecular weight excluding hydrogens is 514 g/mol. The third kappa shape index (κ3) is 11.8. The SMILES string of the molecule is CCC(C)C(N)C(=O)NC(Cc1cnc[nH]1)C(=O)NC(CCCN=C(N)N)C(=O)NC(CCSC)C(=O)O. The van der Waals surface area contributed by atoms with E-state index < -0.39 is 47.9 Å². The fraction of sp³-hybridized carbons (Fsp3) is 0.652. The summed E-state index contributed by atoms with van der Waals surface area (Å²) < 4.78 is 0. The molecular formula is C23H41N9O5S. The lowest BCUT2D eigenvalue weighted by molar-refractivity contribution is -0.142. The number of carbonyl (C=O) groups excluding carboxylic acids is 3. The van der Waals surface area contributed by atoms with Crippen molar-refractivity contribution < 1.29 is 24.3 Å². The van der Waals surface area contributed by atoms with E-state index in [1.54, 1.807) is 0 Å². The molecule has 0 radical (unpaired) electrons. The van der Waals surface area contributed by atoms with Crippen LogP contribution in [0, 0.1) is 5.92 Å². The fourth-order valence-electron chi connectivity index (χ4n) is 3.42. The van der Waals surface area contributed by atoms with Crippen LogP contribution in [0.4, 0.5) is 0 Å². The zero-order valence-electron chi connectivity index (χ0n) is 22.1. The highest BCUT2D eigenvalue weighted by molar-refractivity contribution is 7.98. The summed E-state index contributed by atoms with van der Waals surface area (Å²) in [4.78, 5) is 61.6. The van der Waals surface area contributed by atoms with Crippen LogP contribution in [0.5, 0.6) is 0 Å². The molecule has 38 heavy (non-hydrogen) atoms. The predicted octanol–water partition coefficient (Wildman–Crippen LogP) is -1.33. The first-order valence-corrected chi connectivity index (χ1v) is 13.8. The van der Waals surface area contributed by atoms with Gasteiger partial charge in [-0.2, -0.15) is 11.8 Å². The van der Waals surface area contributed by atoms with Crippen LogP contribution in [-0.4, -0.2) is 87.4 Å². The summed E-state index contributed by atoms with van der Waals surface area (Å²) in [5.74, 6) is -2.70. The second-order valence-electron chi connectivity index (χ2n) is 8.94. The lowest BCUT2D eigenvalue weighted by Gasteiger charge is -2.26. The van der Waals surface area contributed by atoms with Crippen LogP contribution in [0.1, 0.15) is 45.2 Å². The molecule has 1 aromatic rings. The van der Waals surface area contributed by atoms with E-state index in [-0.39, 0.29) is 37.7 Å². The van der Waals surface area contributed by atoms with Crippen molar-refractivity contribution in [2.24, 2.45) is 28.1 Å². The number of hydrogen-bond acceptors (Lipinski definition) is 8. The van der Waals surface area contributed by atoms with Crippen molar-refractivity contribution in [2.45, 2.75) is 70.1 Å². The number of H-pyrrole nitrogens is 1. The molecule has 1 heterocycles. The first kappa shape index (κ1) is 32.7. The van der Waals surface area contributed by atoms with Gasteiger partial charge in [-0.25, -0.2) is 9.78 Å². The number of nitrogens with two attached hydrogens (primary N) is 3. The lowest BCUT2D eigenvalue weighted by Crippen LogP contribution is -2.58. The molecule has 0 aliphatic carbocycles. The van der Waals surface area contributed by atoms with Crippen molar-refractivity contribution in [3.63, 3.8) is 0 Å². The van der Waals surface area contributed by atoms with Gasteiger partial charge in [-0.3, -0.25) is 19.4 Å². The number of rotatable bonds is 18. The average molecular weight is 556 g/mol. The number of hydrogen-bond donors (Lipinski definition) is 8. The minimum absolute atomic E-state index is 0.0681. The van der Waals surface area contributed by atoms with Gasteiger partial charge >= 0.3 is 5.97 Å². The maximum Gasteiger partial charge on any atom is 0.326 e. The summed E-state index contributed by atoms with van der Waals surface area (Å²) >= 11 is 1.45. The highest BCUT2D eigenvalue weighted by atomic mass is 32.2. The Kier molecular flexibility index (Phi) is 14.8. The van der Waals surface area contributed by atoms with E-state index in [2.05, 4.69) is 30.9 Å². The first-order valence-electron chi connectivity index (χ1n) is 12.4. The predicted molar refractivity (Wildman–Crippen MR) is 146 cm³/mol. The number of carbonyl (C=O) groups is 4. The Bertz CT molecular complexity index is 924. The monoisotopic (exact) mass is 555 g/mol. The average Bonchev–Trinajstić information content (AvgIpc) is 3.39. The van der Waals surface area contributed by atoms with Gasteiger partial charge in [0.15, 0.2) is 5.96 Å². The number of nitrogens with zero attached hydrogens (tertiary/aromatic N) is 2. The van der Waals surface area contributed by atoms with Gasteiger partial charge in [0.1, 0.15) is 18.1 Å². The van der Waals surface area contributed by atoms with Crippen LogP contribution < -0.4 is 33.2 Å². The fourth-order valence-corrected chi connectivity index (χ4v) is 3.89. The number of thioether (sulfide) groups is 1. The van der Waals surface area contributed by atoms with Crippen LogP contribution >= 0.6 is 11.8 Å². The minimum atomic E-state index is -1.18. The Labute approximate surface area is 226 Å². The number of imidazole rings is 1. The topological polar surface area (TPSA) is 244 Å². The number of carboxylic acid groups (broad SMARTS) is 1. The van der Waals surface area contributed by atoms with Crippen molar-refractivity contribution in [3.8, 4) is 0 Å². The van der Waals surface area contributed by atoms with Gasteiger partial charge < -0.3 is 43.2 Å². The van der Waals surface area contributed by atoms with Crippen LogP contribution in [0.2, 0.25) is 0 Å². The largest absolute Gasteiger partial charge is 0.480 e. The van der Waals surface area contributed by atoms with Crippen molar-refractivity contribution in [2.75, 3.05) is 18.6 Å². The van der Waals surface area contributed by atoms with Crippen LogP contribution in [0.15, 0.2) is 17.5 Å². The minimum Gasteiger partial charge on any atom is -0.480 e. The molecule has 0 saturated carbocycles. The standard InChI is InChI=1S/C23H41N9O5S/c1-4-13(2)18(24)21(35)32-17(10-14-11-27-12-29-14)20(34)30-15(6-5-8-28-23(25)26)19(33)31-16(22(36)37)7-9-38-3/h11-13,15-18H,4-10,24H2,1-3H3,(H,27,29)(H,30,34)(H,31,33)(H,32,35)(H,36,37)(H4,25,26,28). The third-order valence-electron chi connectivity index (χ3n) is 5.98. The quantitative estimate of drug-likeness (QED) is 0.0602. The number of aliphatic carboxylic acids is 1. The second-order valence-corrected chi connectivity index (χ2v) is 9.93. The van der Waals surface area contributed by atoms with Gasteiger partial charge in [0.05, 0.1) is 12.4 Å². The zero-order valence-corrected chi connectivity index (χ0v) is 22.9. The lowest BCUT2D eigenvalue weighted by atomic mass is 9.98. The molecule has 0 aromatic carbocycles. The normalized spacial score (nSPS) is 14.8. The van der Waals surface area contributed by atoms with E-state index in [0.29, 0.717) is 24.3 Å². The summed E-state index contributed by atoms with van der Waals surface area (Å²) in [6.45, 7) is 3.94. The maximum atomic E-state index is 13.3. The Morgan fingerprint density at radius 1 is 1.08 bits per heavy atom. The summed E-state index contributed by atoms with van der Waals surface area (Å²) in [6.07, 6.45) is 6.19. The van der Waals surface area contributed by atoms with E-state index in [4.69, 9.17) is 17.2 Å². The van der Waals surface area contributed by atoms with Gasteiger partial charge in [0.2, 0.25) is 17.7 Å². The first-order chi connectivity index (χ1) is 18.0. The molecule has 0 bridgehead atoms. The van der Waals surface area contributed by atoms with E-state index in [0.717, 1.165) is 0 Å². The molecule has 5 atom stereocenters. The smallest absolute Gasteiger partial charge is 0.326 e. The molecule has 14 nitrogen and oxygen atoms in total. The highest BCUT2D eigenvalue weighted by Gasteiger charge is 2.31. The molecule has 0 saturated heterocycles. The van der Waals surface area contributed by atoms with Gasteiger partial charge in [0, 0.05) is 24.9 Å². The number of guanidine groups is 1. The number of nitrogens with one attached hydrogen (secondary N) is 4. The van der Waals surface area contributed by atoms with Crippen molar-refractivity contribution in [3.05, 3.63) is 18.2 Å². The van der Waals surface area contributed by atoms with Gasteiger partial charge in [-0.1, -0.05) is 20.3 Å². The molecule has 1 rings (SSSR count). The molecule has 1 aromatic heterocycles. The van der Waals surface area contributed by atoms with Crippen LogP contribution in [-0.2, 0) is 25.6 Å². The third-order valence-corrected chi connectivity index (χ3v) is 6.62.